The summed E-state index contributed by atoms with van der Waals surface area (Å²) < 4.78 is 5.11. The van der Waals surface area contributed by atoms with Gasteiger partial charge in [0.05, 0.1) is 12.8 Å². The molecule has 0 fully saturated rings. The number of nitrogens with one attached hydrogen (secondary N) is 1. The molecule has 26 heavy (non-hydrogen) atoms. The van der Waals surface area contributed by atoms with Crippen LogP contribution in [0.5, 0.6) is 5.75 Å². The molecule has 0 radical (unpaired) electrons. The van der Waals surface area contributed by atoms with Gasteiger partial charge in [0.15, 0.2) is 0 Å². The monoisotopic (exact) mass is 352 g/mol. The molecular formula is C19H20N4O3. The van der Waals surface area contributed by atoms with Crippen LogP contribution in [0.4, 0.5) is 5.69 Å². The van der Waals surface area contributed by atoms with E-state index in [1.807, 2.05) is 54.6 Å². The molecule has 0 bridgehead atoms. The number of nitrogens with two attached hydrogens (primary N) is 1. The van der Waals surface area contributed by atoms with E-state index in [4.69, 9.17) is 10.5 Å². The van der Waals surface area contributed by atoms with Gasteiger partial charge in [0, 0.05) is 13.0 Å². The van der Waals surface area contributed by atoms with Gasteiger partial charge in [-0.05, 0) is 29.8 Å². The van der Waals surface area contributed by atoms with Crippen LogP contribution in [0.25, 0.3) is 0 Å². The smallest absolute Gasteiger partial charge is 0.267 e. The van der Waals surface area contributed by atoms with E-state index in [0.29, 0.717) is 12.2 Å². The number of rotatable bonds is 6. The van der Waals surface area contributed by atoms with Crippen molar-refractivity contribution in [3.8, 4) is 5.75 Å². The topological polar surface area (TPSA) is 97.0 Å². The number of ether oxygens (including phenoxy) is 1. The Morgan fingerprint density at radius 3 is 2.50 bits per heavy atom. The molecule has 7 heteroatoms. The van der Waals surface area contributed by atoms with E-state index < -0.39 is 11.9 Å². The highest BCUT2D eigenvalue weighted by Gasteiger charge is 2.34. The molecule has 2 amide bonds. The van der Waals surface area contributed by atoms with Crippen LogP contribution in [-0.2, 0) is 16.1 Å². The van der Waals surface area contributed by atoms with Gasteiger partial charge in [0.2, 0.25) is 5.91 Å². The first-order chi connectivity index (χ1) is 12.6. The molecule has 1 aliphatic heterocycles. The normalized spacial score (nSPS) is 16.1. The van der Waals surface area contributed by atoms with Gasteiger partial charge in [-0.25, -0.2) is 0 Å². The van der Waals surface area contributed by atoms with Crippen molar-refractivity contribution in [2.45, 2.75) is 19.0 Å². The summed E-state index contributed by atoms with van der Waals surface area (Å²) in [6.07, 6.45) is 0.179. The fourth-order valence-electron chi connectivity index (χ4n) is 2.72. The van der Waals surface area contributed by atoms with Gasteiger partial charge in [0.25, 0.3) is 5.91 Å². The molecule has 1 unspecified atom stereocenters. The zero-order valence-electron chi connectivity index (χ0n) is 14.4. The number of para-hydroxylation sites is 1. The number of amides is 2. The molecule has 3 rings (SSSR count). The van der Waals surface area contributed by atoms with Gasteiger partial charge in [-0.1, -0.05) is 30.3 Å². The Balaban J connectivity index is 1.69. The third-order valence-corrected chi connectivity index (χ3v) is 4.13. The third kappa shape index (κ3) is 3.83. The van der Waals surface area contributed by atoms with Crippen molar-refractivity contribution in [1.29, 1.82) is 0 Å². The SMILES string of the molecule is COc1ccc(CNC(=O)C2=NN(c3ccccc3)C(C(N)=O)C2)cc1. The van der Waals surface area contributed by atoms with Crippen molar-refractivity contribution in [2.75, 3.05) is 12.1 Å². The molecule has 2 aromatic carbocycles. The first kappa shape index (κ1) is 17.5. The minimum Gasteiger partial charge on any atom is -0.497 e. The predicted octanol–water partition coefficient (Wildman–Crippen LogP) is 1.43. The van der Waals surface area contributed by atoms with E-state index in [1.54, 1.807) is 7.11 Å². The lowest BCUT2D eigenvalue weighted by Crippen LogP contribution is -2.39. The largest absolute Gasteiger partial charge is 0.497 e. The number of nitrogens with zero attached hydrogens (tertiary/aromatic N) is 2. The lowest BCUT2D eigenvalue weighted by atomic mass is 10.1. The fourth-order valence-corrected chi connectivity index (χ4v) is 2.72. The predicted molar refractivity (Wildman–Crippen MR) is 98.8 cm³/mol. The first-order valence-corrected chi connectivity index (χ1v) is 8.20. The van der Waals surface area contributed by atoms with Crippen LogP contribution >= 0.6 is 0 Å². The van der Waals surface area contributed by atoms with Gasteiger partial charge in [0.1, 0.15) is 17.5 Å². The van der Waals surface area contributed by atoms with Gasteiger partial charge in [-0.2, -0.15) is 5.10 Å². The van der Waals surface area contributed by atoms with Crippen LogP contribution < -0.4 is 20.8 Å². The van der Waals surface area contributed by atoms with E-state index >= 15 is 0 Å². The van der Waals surface area contributed by atoms with Crippen molar-refractivity contribution < 1.29 is 14.3 Å². The molecule has 2 aromatic rings. The third-order valence-electron chi connectivity index (χ3n) is 4.13. The highest BCUT2D eigenvalue weighted by atomic mass is 16.5. The molecule has 1 heterocycles. The summed E-state index contributed by atoms with van der Waals surface area (Å²) >= 11 is 0. The minimum atomic E-state index is -0.667. The summed E-state index contributed by atoms with van der Waals surface area (Å²) in [5, 5.41) is 8.64. The summed E-state index contributed by atoms with van der Waals surface area (Å²) in [6.45, 7) is 0.356. The van der Waals surface area contributed by atoms with E-state index in [9.17, 15) is 9.59 Å². The molecule has 0 saturated carbocycles. The highest BCUT2D eigenvalue weighted by Crippen LogP contribution is 2.24. The molecule has 134 valence electrons. The molecule has 0 aliphatic carbocycles. The number of anilines is 1. The molecule has 0 aromatic heterocycles. The summed E-state index contributed by atoms with van der Waals surface area (Å²) in [6, 6.07) is 15.9. The Morgan fingerprint density at radius 1 is 1.19 bits per heavy atom. The van der Waals surface area contributed by atoms with Crippen molar-refractivity contribution in [2.24, 2.45) is 10.8 Å². The van der Waals surface area contributed by atoms with Crippen LogP contribution in [-0.4, -0.2) is 30.7 Å². The molecule has 1 atom stereocenters. The Labute approximate surface area is 151 Å². The Bertz CT molecular complexity index is 818. The van der Waals surface area contributed by atoms with E-state index in [2.05, 4.69) is 10.4 Å². The van der Waals surface area contributed by atoms with Crippen molar-refractivity contribution in [3.63, 3.8) is 0 Å². The summed E-state index contributed by atoms with van der Waals surface area (Å²) in [5.41, 5.74) is 7.42. The van der Waals surface area contributed by atoms with Crippen molar-refractivity contribution >= 4 is 23.2 Å². The highest BCUT2D eigenvalue weighted by molar-refractivity contribution is 6.40. The maximum Gasteiger partial charge on any atom is 0.267 e. The zero-order chi connectivity index (χ0) is 18.5. The van der Waals surface area contributed by atoms with Gasteiger partial charge < -0.3 is 15.8 Å². The second-order valence-electron chi connectivity index (χ2n) is 5.88. The number of hydrogen-bond donors (Lipinski definition) is 2. The molecule has 0 spiro atoms. The molecule has 1 aliphatic rings. The second-order valence-corrected chi connectivity index (χ2v) is 5.88. The quantitative estimate of drug-likeness (QED) is 0.822. The number of carbonyl (C=O) groups excluding carboxylic acids is 2. The maximum atomic E-state index is 12.4. The Kier molecular flexibility index (Phi) is 5.17. The second kappa shape index (κ2) is 7.69. The number of primary amides is 1. The van der Waals surface area contributed by atoms with E-state index in [1.165, 1.54) is 5.01 Å². The minimum absolute atomic E-state index is 0.179. The number of hydrazone groups is 1. The zero-order valence-corrected chi connectivity index (χ0v) is 14.4. The Hall–Kier alpha value is -3.35. The van der Waals surface area contributed by atoms with Crippen LogP contribution in [0.2, 0.25) is 0 Å². The van der Waals surface area contributed by atoms with E-state index in [0.717, 1.165) is 11.3 Å². The Morgan fingerprint density at radius 2 is 1.88 bits per heavy atom. The summed E-state index contributed by atoms with van der Waals surface area (Å²) in [4.78, 5) is 24.2. The average molecular weight is 352 g/mol. The van der Waals surface area contributed by atoms with Crippen LogP contribution in [0.1, 0.15) is 12.0 Å². The van der Waals surface area contributed by atoms with Gasteiger partial charge in [-0.3, -0.25) is 14.6 Å². The number of benzene rings is 2. The first-order valence-electron chi connectivity index (χ1n) is 8.20. The average Bonchev–Trinajstić information content (AvgIpc) is 3.13. The number of methoxy groups -OCH3 is 1. The molecule has 0 saturated heterocycles. The molecular weight excluding hydrogens is 332 g/mol. The summed E-state index contributed by atoms with van der Waals surface area (Å²) in [7, 11) is 1.60. The van der Waals surface area contributed by atoms with Crippen molar-refractivity contribution in [3.05, 3.63) is 60.2 Å². The maximum absolute atomic E-state index is 12.4. The van der Waals surface area contributed by atoms with Crippen LogP contribution in [0.3, 0.4) is 0 Å². The van der Waals surface area contributed by atoms with Gasteiger partial charge in [-0.15, -0.1) is 0 Å². The lowest BCUT2D eigenvalue weighted by Gasteiger charge is -2.20. The summed E-state index contributed by atoms with van der Waals surface area (Å²) in [5.74, 6) is -0.0795. The standard InChI is InChI=1S/C19H20N4O3/c1-26-15-9-7-13(8-10-15)12-21-19(25)16-11-17(18(20)24)23(22-16)14-5-3-2-4-6-14/h2-10,17H,11-12H2,1H3,(H2,20,24)(H,21,25). The van der Waals surface area contributed by atoms with E-state index in [-0.39, 0.29) is 18.0 Å². The van der Waals surface area contributed by atoms with Crippen LogP contribution in [0, 0.1) is 0 Å². The molecule has 7 nitrogen and oxygen atoms in total. The molecule has 3 N–H and O–H groups in total. The fraction of sp³-hybridized carbons (Fsp3) is 0.211. The van der Waals surface area contributed by atoms with Crippen molar-refractivity contribution in [1.82, 2.24) is 5.32 Å². The van der Waals surface area contributed by atoms with Gasteiger partial charge >= 0.3 is 0 Å². The number of carbonyl (C=O) groups is 2. The van der Waals surface area contributed by atoms with Crippen LogP contribution in [0.15, 0.2) is 59.7 Å². The lowest BCUT2D eigenvalue weighted by molar-refractivity contribution is -0.119. The number of hydrogen-bond acceptors (Lipinski definition) is 5.